The zero-order chi connectivity index (χ0) is 16.6. The monoisotopic (exact) mass is 336 g/mol. The first kappa shape index (κ1) is 17.3. The van der Waals surface area contributed by atoms with Crippen molar-refractivity contribution in [3.05, 3.63) is 0 Å². The Bertz CT molecular complexity index is 381. The van der Waals surface area contributed by atoms with Crippen LogP contribution in [0, 0.1) is 29.1 Å². The quantitative estimate of drug-likeness (QED) is 0.700. The lowest BCUT2D eigenvalue weighted by molar-refractivity contribution is -0.909. The third-order valence-corrected chi connectivity index (χ3v) is 7.76. The van der Waals surface area contributed by atoms with Crippen LogP contribution in [0.15, 0.2) is 0 Å². The number of hydrogen-bond acceptors (Lipinski definition) is 2. The van der Waals surface area contributed by atoms with Crippen molar-refractivity contribution in [2.45, 2.75) is 70.8 Å². The highest BCUT2D eigenvalue weighted by atomic mass is 16.5. The molecular weight excluding hydrogens is 298 g/mol. The van der Waals surface area contributed by atoms with Gasteiger partial charge in [-0.05, 0) is 86.9 Å². The molecule has 0 radical (unpaired) electrons. The van der Waals surface area contributed by atoms with E-state index in [0.717, 1.165) is 36.8 Å². The molecule has 24 heavy (non-hydrogen) atoms. The second kappa shape index (κ2) is 7.25. The number of nitrogens with one attached hydrogen (secondary N) is 1. The van der Waals surface area contributed by atoms with Crippen molar-refractivity contribution >= 4 is 0 Å². The van der Waals surface area contributed by atoms with Crippen LogP contribution in [0.1, 0.15) is 64.7 Å². The molecule has 0 aromatic rings. The molecule has 1 saturated heterocycles. The first-order valence-corrected chi connectivity index (χ1v) is 10.7. The molecule has 0 spiro atoms. The van der Waals surface area contributed by atoms with Crippen LogP contribution in [0.5, 0.6) is 0 Å². The van der Waals surface area contributed by atoms with Gasteiger partial charge in [0.2, 0.25) is 0 Å². The Morgan fingerprint density at radius 1 is 1.04 bits per heavy atom. The fourth-order valence-corrected chi connectivity index (χ4v) is 6.87. The average Bonchev–Trinajstić information content (AvgIpc) is 2.53. The Balaban J connectivity index is 1.14. The predicted octanol–water partition coefficient (Wildman–Crippen LogP) is 2.29. The van der Waals surface area contributed by atoms with Gasteiger partial charge in [0.25, 0.3) is 0 Å². The molecule has 4 aliphatic carbocycles. The lowest BCUT2D eigenvalue weighted by Gasteiger charge is -2.57. The highest BCUT2D eigenvalue weighted by Crippen LogP contribution is 2.61. The van der Waals surface area contributed by atoms with Crippen LogP contribution in [0.4, 0.5) is 0 Å². The number of hydrogen-bond donors (Lipinski definition) is 2. The lowest BCUT2D eigenvalue weighted by atomic mass is 9.49. The summed E-state index contributed by atoms with van der Waals surface area (Å²) in [7, 11) is 0. The number of rotatable bonds is 7. The molecule has 4 saturated carbocycles. The molecule has 0 aromatic heterocycles. The zero-order valence-electron chi connectivity index (χ0n) is 15.6. The van der Waals surface area contributed by atoms with Gasteiger partial charge in [0, 0.05) is 6.61 Å². The molecule has 1 heterocycles. The number of aliphatic hydroxyl groups excluding tert-OH is 1. The molecule has 4 bridgehead atoms. The maximum absolute atomic E-state index is 10.3. The molecule has 3 heteroatoms. The summed E-state index contributed by atoms with van der Waals surface area (Å²) in [5.41, 5.74) is 0.619. The minimum atomic E-state index is -0.273. The van der Waals surface area contributed by atoms with E-state index in [-0.39, 0.29) is 6.10 Å². The summed E-state index contributed by atoms with van der Waals surface area (Å²) in [6.07, 6.45) is 12.6. The van der Waals surface area contributed by atoms with Crippen LogP contribution in [-0.4, -0.2) is 44.1 Å². The summed E-state index contributed by atoms with van der Waals surface area (Å²) in [6, 6.07) is 0. The van der Waals surface area contributed by atoms with Crippen LogP contribution in [0.2, 0.25) is 0 Å². The van der Waals surface area contributed by atoms with Crippen molar-refractivity contribution in [2.75, 3.05) is 32.8 Å². The van der Waals surface area contributed by atoms with E-state index in [1.54, 1.807) is 4.90 Å². The van der Waals surface area contributed by atoms with Crippen molar-refractivity contribution in [2.24, 2.45) is 29.1 Å². The zero-order valence-corrected chi connectivity index (χ0v) is 15.6. The van der Waals surface area contributed by atoms with Crippen molar-refractivity contribution < 1.29 is 14.7 Å². The van der Waals surface area contributed by atoms with Crippen LogP contribution >= 0.6 is 0 Å². The standard InChI is InChI=1S/C21H37NO2/c1-16-2-5-22(6-3-16)14-20(23)15-24-7-4-21-11-17-8-18(12-21)10-19(9-17)13-21/h16-20,23H,2-15H2,1H3/p+1/t17?,18?,19?,20-,21?/m1/s1. The Morgan fingerprint density at radius 3 is 2.21 bits per heavy atom. The van der Waals surface area contributed by atoms with E-state index in [2.05, 4.69) is 6.92 Å². The van der Waals surface area contributed by atoms with Crippen molar-refractivity contribution in [1.29, 1.82) is 0 Å². The fourth-order valence-electron chi connectivity index (χ4n) is 6.87. The van der Waals surface area contributed by atoms with Crippen molar-refractivity contribution in [1.82, 2.24) is 0 Å². The molecule has 1 aliphatic heterocycles. The number of piperidine rings is 1. The van der Waals surface area contributed by atoms with E-state index in [0.29, 0.717) is 12.0 Å². The molecule has 5 rings (SSSR count). The van der Waals surface area contributed by atoms with Crippen LogP contribution in [0.25, 0.3) is 0 Å². The summed E-state index contributed by atoms with van der Waals surface area (Å²) in [6.45, 7) is 7.10. The summed E-state index contributed by atoms with van der Waals surface area (Å²) < 4.78 is 5.93. The Morgan fingerprint density at radius 2 is 1.62 bits per heavy atom. The van der Waals surface area contributed by atoms with E-state index < -0.39 is 0 Å². The van der Waals surface area contributed by atoms with Gasteiger partial charge in [0.1, 0.15) is 12.6 Å². The first-order chi connectivity index (χ1) is 11.6. The van der Waals surface area contributed by atoms with Crippen molar-refractivity contribution in [3.63, 3.8) is 0 Å². The summed E-state index contributed by atoms with van der Waals surface area (Å²) in [5, 5.41) is 10.3. The fraction of sp³-hybridized carbons (Fsp3) is 1.00. The molecule has 1 atom stereocenters. The van der Waals surface area contributed by atoms with Gasteiger partial charge in [-0.15, -0.1) is 0 Å². The third-order valence-electron chi connectivity index (χ3n) is 7.76. The Hall–Kier alpha value is -0.120. The van der Waals surface area contributed by atoms with Crippen LogP contribution < -0.4 is 4.90 Å². The molecule has 2 N–H and O–H groups in total. The summed E-state index contributed by atoms with van der Waals surface area (Å²) in [5.74, 6) is 3.98. The highest BCUT2D eigenvalue weighted by molar-refractivity contribution is 5.01. The van der Waals surface area contributed by atoms with Gasteiger partial charge in [-0.1, -0.05) is 6.92 Å². The van der Waals surface area contributed by atoms with Gasteiger partial charge in [-0.2, -0.15) is 0 Å². The average molecular weight is 337 g/mol. The smallest absolute Gasteiger partial charge is 0.126 e. The second-order valence-electron chi connectivity index (χ2n) is 10.0. The lowest BCUT2D eigenvalue weighted by Crippen LogP contribution is -3.14. The van der Waals surface area contributed by atoms with Gasteiger partial charge < -0.3 is 14.7 Å². The maximum atomic E-state index is 10.3. The largest absolute Gasteiger partial charge is 0.385 e. The highest BCUT2D eigenvalue weighted by Gasteiger charge is 2.50. The third kappa shape index (κ3) is 3.99. The maximum Gasteiger partial charge on any atom is 0.126 e. The van der Waals surface area contributed by atoms with Gasteiger partial charge in [-0.25, -0.2) is 0 Å². The number of quaternary nitrogens is 1. The summed E-state index contributed by atoms with van der Waals surface area (Å²) in [4.78, 5) is 1.57. The Labute approximate surface area is 148 Å². The van der Waals surface area contributed by atoms with E-state index in [1.165, 1.54) is 70.9 Å². The first-order valence-electron chi connectivity index (χ1n) is 10.7. The van der Waals surface area contributed by atoms with E-state index in [1.807, 2.05) is 0 Å². The molecule has 0 unspecified atom stereocenters. The number of ether oxygens (including phenoxy) is 1. The van der Waals surface area contributed by atoms with E-state index in [4.69, 9.17) is 4.74 Å². The normalized spacial score (nSPS) is 45.5. The van der Waals surface area contributed by atoms with Gasteiger partial charge in [0.05, 0.1) is 19.7 Å². The second-order valence-corrected chi connectivity index (χ2v) is 10.0. The molecule has 138 valence electrons. The number of likely N-dealkylation sites (tertiary alicyclic amines) is 1. The van der Waals surface area contributed by atoms with Gasteiger partial charge in [-0.3, -0.25) is 0 Å². The molecule has 0 aromatic carbocycles. The Kier molecular flexibility index (Phi) is 5.22. The van der Waals surface area contributed by atoms with Crippen molar-refractivity contribution in [3.8, 4) is 0 Å². The summed E-state index contributed by atoms with van der Waals surface area (Å²) >= 11 is 0. The molecular formula is C21H38NO2+. The molecule has 0 amide bonds. The SMILES string of the molecule is CC1CC[NH+](C[C@@H](O)COCCC23CC4CC(CC(C4)C2)C3)CC1. The van der Waals surface area contributed by atoms with E-state index in [9.17, 15) is 5.11 Å². The van der Waals surface area contributed by atoms with E-state index >= 15 is 0 Å². The number of aliphatic hydroxyl groups is 1. The van der Waals surface area contributed by atoms with Crippen LogP contribution in [-0.2, 0) is 4.74 Å². The van der Waals surface area contributed by atoms with Crippen LogP contribution in [0.3, 0.4) is 0 Å². The minimum absolute atomic E-state index is 0.273. The topological polar surface area (TPSA) is 33.9 Å². The van der Waals surface area contributed by atoms with Gasteiger partial charge in [0.15, 0.2) is 0 Å². The molecule has 5 fully saturated rings. The molecule has 3 nitrogen and oxygen atoms in total. The minimum Gasteiger partial charge on any atom is -0.385 e. The predicted molar refractivity (Wildman–Crippen MR) is 96.0 cm³/mol. The van der Waals surface area contributed by atoms with Gasteiger partial charge >= 0.3 is 0 Å². The molecule has 5 aliphatic rings.